The fourth-order valence-corrected chi connectivity index (χ4v) is 2.79. The first kappa shape index (κ1) is 15.0. The lowest BCUT2D eigenvalue weighted by Crippen LogP contribution is -2.25. The number of nitrogens with two attached hydrogens (primary N) is 1. The lowest BCUT2D eigenvalue weighted by Gasteiger charge is -2.27. The van der Waals surface area contributed by atoms with E-state index in [2.05, 4.69) is 44.7 Å². The molecule has 1 fully saturated rings. The van der Waals surface area contributed by atoms with Crippen molar-refractivity contribution in [2.24, 2.45) is 11.3 Å². The van der Waals surface area contributed by atoms with E-state index in [9.17, 15) is 0 Å². The number of anilines is 2. The SMILES string of the molecule is CCCOc1cc(N)cc(N2CCC(C(C)(C)C)C2)c1. The average Bonchev–Trinajstić information content (AvgIpc) is 2.85. The maximum Gasteiger partial charge on any atom is 0.123 e. The van der Waals surface area contributed by atoms with Crippen molar-refractivity contribution in [1.82, 2.24) is 0 Å². The Hall–Kier alpha value is -1.38. The lowest BCUT2D eigenvalue weighted by atomic mass is 9.80. The van der Waals surface area contributed by atoms with E-state index in [1.165, 1.54) is 12.1 Å². The minimum absolute atomic E-state index is 0.372. The van der Waals surface area contributed by atoms with Crippen LogP contribution in [0.2, 0.25) is 0 Å². The molecule has 1 heterocycles. The molecule has 3 nitrogen and oxygen atoms in total. The molecule has 112 valence electrons. The van der Waals surface area contributed by atoms with Gasteiger partial charge in [0.2, 0.25) is 0 Å². The van der Waals surface area contributed by atoms with Gasteiger partial charge >= 0.3 is 0 Å². The third-order valence-electron chi connectivity index (χ3n) is 4.16. The molecule has 20 heavy (non-hydrogen) atoms. The van der Waals surface area contributed by atoms with Crippen molar-refractivity contribution in [1.29, 1.82) is 0 Å². The summed E-state index contributed by atoms with van der Waals surface area (Å²) in [4.78, 5) is 2.44. The molecular formula is C17H28N2O. The number of benzene rings is 1. The summed E-state index contributed by atoms with van der Waals surface area (Å²) < 4.78 is 5.72. The van der Waals surface area contributed by atoms with Gasteiger partial charge in [-0.2, -0.15) is 0 Å². The predicted octanol–water partition coefficient (Wildman–Crippen LogP) is 3.93. The third-order valence-corrected chi connectivity index (χ3v) is 4.16. The molecule has 1 aromatic carbocycles. The molecule has 0 aromatic heterocycles. The number of nitrogens with zero attached hydrogens (tertiary/aromatic N) is 1. The van der Waals surface area contributed by atoms with Crippen LogP contribution in [0.3, 0.4) is 0 Å². The van der Waals surface area contributed by atoms with Gasteiger partial charge in [0.1, 0.15) is 5.75 Å². The standard InChI is InChI=1S/C17H28N2O/c1-5-8-20-16-10-14(18)9-15(11-16)19-7-6-13(12-19)17(2,3)4/h9-11,13H,5-8,12,18H2,1-4H3. The second-order valence-electron chi connectivity index (χ2n) is 6.91. The summed E-state index contributed by atoms with van der Waals surface area (Å²) in [6, 6.07) is 6.09. The molecule has 3 heteroatoms. The highest BCUT2D eigenvalue weighted by atomic mass is 16.5. The largest absolute Gasteiger partial charge is 0.493 e. The summed E-state index contributed by atoms with van der Waals surface area (Å²) in [5, 5.41) is 0. The van der Waals surface area contributed by atoms with Crippen LogP contribution in [0.4, 0.5) is 11.4 Å². The van der Waals surface area contributed by atoms with Gasteiger partial charge in [0.15, 0.2) is 0 Å². The zero-order chi connectivity index (χ0) is 14.8. The first-order valence-electron chi connectivity index (χ1n) is 7.68. The molecule has 0 radical (unpaired) electrons. The van der Waals surface area contributed by atoms with Gasteiger partial charge in [0.05, 0.1) is 6.61 Å². The fraction of sp³-hybridized carbons (Fsp3) is 0.647. The molecule has 1 aliphatic rings. The molecule has 1 aromatic rings. The monoisotopic (exact) mass is 276 g/mol. The highest BCUT2D eigenvalue weighted by Gasteiger charge is 2.31. The summed E-state index contributed by atoms with van der Waals surface area (Å²) in [5.74, 6) is 1.63. The zero-order valence-electron chi connectivity index (χ0n) is 13.3. The van der Waals surface area contributed by atoms with Gasteiger partial charge in [-0.15, -0.1) is 0 Å². The van der Waals surface area contributed by atoms with Crippen LogP contribution >= 0.6 is 0 Å². The molecule has 2 N–H and O–H groups in total. The molecule has 0 saturated carbocycles. The van der Waals surface area contributed by atoms with Crippen molar-refractivity contribution in [3.63, 3.8) is 0 Å². The molecular weight excluding hydrogens is 248 g/mol. The predicted molar refractivity (Wildman–Crippen MR) is 86.4 cm³/mol. The Bertz CT molecular complexity index is 451. The summed E-state index contributed by atoms with van der Waals surface area (Å²) in [7, 11) is 0. The van der Waals surface area contributed by atoms with E-state index in [1.54, 1.807) is 0 Å². The molecule has 2 rings (SSSR count). The lowest BCUT2D eigenvalue weighted by molar-refractivity contribution is 0.263. The van der Waals surface area contributed by atoms with Crippen LogP contribution in [0.5, 0.6) is 5.75 Å². The van der Waals surface area contributed by atoms with Crippen LogP contribution in [-0.4, -0.2) is 19.7 Å². The van der Waals surface area contributed by atoms with Crippen LogP contribution in [-0.2, 0) is 0 Å². The van der Waals surface area contributed by atoms with Crippen LogP contribution in [0.25, 0.3) is 0 Å². The smallest absolute Gasteiger partial charge is 0.123 e. The highest BCUT2D eigenvalue weighted by Crippen LogP contribution is 2.37. The molecule has 0 bridgehead atoms. The summed E-state index contributed by atoms with van der Waals surface area (Å²) >= 11 is 0. The maximum absolute atomic E-state index is 6.01. The van der Waals surface area contributed by atoms with Crippen molar-refractivity contribution in [3.8, 4) is 5.75 Å². The minimum atomic E-state index is 0.372. The van der Waals surface area contributed by atoms with Crippen molar-refractivity contribution in [3.05, 3.63) is 18.2 Å². The van der Waals surface area contributed by atoms with Crippen molar-refractivity contribution >= 4 is 11.4 Å². The Balaban J connectivity index is 2.11. The summed E-state index contributed by atoms with van der Waals surface area (Å²) in [5.41, 5.74) is 8.37. The Labute approximate surface area is 123 Å². The quantitative estimate of drug-likeness (QED) is 0.847. The van der Waals surface area contributed by atoms with Gasteiger partial charge < -0.3 is 15.4 Å². The van der Waals surface area contributed by atoms with Crippen LogP contribution in [0, 0.1) is 11.3 Å². The Morgan fingerprint density at radius 2 is 2.05 bits per heavy atom. The molecule has 1 atom stereocenters. The first-order chi connectivity index (χ1) is 9.40. The first-order valence-corrected chi connectivity index (χ1v) is 7.68. The number of hydrogen-bond acceptors (Lipinski definition) is 3. The number of ether oxygens (including phenoxy) is 1. The van der Waals surface area contributed by atoms with Gasteiger partial charge in [-0.05, 0) is 30.2 Å². The van der Waals surface area contributed by atoms with Crippen molar-refractivity contribution < 1.29 is 4.74 Å². The zero-order valence-corrected chi connectivity index (χ0v) is 13.3. The van der Waals surface area contributed by atoms with E-state index >= 15 is 0 Å². The number of nitrogen functional groups attached to an aromatic ring is 1. The second-order valence-corrected chi connectivity index (χ2v) is 6.91. The average molecular weight is 276 g/mol. The molecule has 0 aliphatic carbocycles. The fourth-order valence-electron chi connectivity index (χ4n) is 2.79. The highest BCUT2D eigenvalue weighted by molar-refractivity contribution is 5.61. The molecule has 0 amide bonds. The Morgan fingerprint density at radius 1 is 1.30 bits per heavy atom. The van der Waals surface area contributed by atoms with Crippen molar-refractivity contribution in [2.75, 3.05) is 30.3 Å². The van der Waals surface area contributed by atoms with E-state index in [-0.39, 0.29) is 0 Å². The summed E-state index contributed by atoms with van der Waals surface area (Å²) in [6.45, 7) is 12.1. The van der Waals surface area contributed by atoms with Crippen LogP contribution in [0.15, 0.2) is 18.2 Å². The number of rotatable bonds is 4. The topological polar surface area (TPSA) is 38.5 Å². The van der Waals surface area contributed by atoms with E-state index in [4.69, 9.17) is 10.5 Å². The normalized spacial score (nSPS) is 19.4. The number of hydrogen-bond donors (Lipinski definition) is 1. The maximum atomic E-state index is 6.01. The molecule has 1 unspecified atom stereocenters. The molecule has 1 aliphatic heterocycles. The van der Waals surface area contributed by atoms with Crippen LogP contribution in [0.1, 0.15) is 40.5 Å². The third kappa shape index (κ3) is 3.59. The molecule has 1 saturated heterocycles. The van der Waals surface area contributed by atoms with E-state index in [1.807, 2.05) is 6.07 Å². The Morgan fingerprint density at radius 3 is 2.65 bits per heavy atom. The van der Waals surface area contributed by atoms with E-state index < -0.39 is 0 Å². The van der Waals surface area contributed by atoms with Gasteiger partial charge in [-0.3, -0.25) is 0 Å². The van der Waals surface area contributed by atoms with Crippen molar-refractivity contribution in [2.45, 2.75) is 40.5 Å². The van der Waals surface area contributed by atoms with Gasteiger partial charge in [-0.25, -0.2) is 0 Å². The van der Waals surface area contributed by atoms with Crippen LogP contribution < -0.4 is 15.4 Å². The van der Waals surface area contributed by atoms with E-state index in [0.717, 1.165) is 43.5 Å². The van der Waals surface area contributed by atoms with Gasteiger partial charge in [0, 0.05) is 36.6 Å². The summed E-state index contributed by atoms with van der Waals surface area (Å²) in [6.07, 6.45) is 2.27. The minimum Gasteiger partial charge on any atom is -0.493 e. The van der Waals surface area contributed by atoms with Gasteiger partial charge in [-0.1, -0.05) is 27.7 Å². The van der Waals surface area contributed by atoms with E-state index in [0.29, 0.717) is 5.41 Å². The molecule has 0 spiro atoms. The second kappa shape index (κ2) is 5.94. The van der Waals surface area contributed by atoms with Gasteiger partial charge in [0.25, 0.3) is 0 Å². The Kier molecular flexibility index (Phi) is 4.46.